The van der Waals surface area contributed by atoms with E-state index < -0.39 is 17.8 Å². The topological polar surface area (TPSA) is 84.2 Å². The van der Waals surface area contributed by atoms with Gasteiger partial charge in [-0.05, 0) is 38.8 Å². The maximum absolute atomic E-state index is 12.2. The summed E-state index contributed by atoms with van der Waals surface area (Å²) in [6, 6.07) is 8.10. The first-order valence-corrected chi connectivity index (χ1v) is 7.95. The van der Waals surface area contributed by atoms with Crippen molar-refractivity contribution >= 4 is 22.9 Å². The molecular formula is C17H21N3O3. The molecule has 0 radical (unpaired) electrons. The van der Waals surface area contributed by atoms with Gasteiger partial charge < -0.3 is 15.0 Å². The van der Waals surface area contributed by atoms with Crippen LogP contribution < -0.4 is 5.32 Å². The number of aliphatic carboxylic acids is 1. The van der Waals surface area contributed by atoms with E-state index in [1.54, 1.807) is 0 Å². The number of hydrogen-bond acceptors (Lipinski definition) is 3. The summed E-state index contributed by atoms with van der Waals surface area (Å²) in [5.74, 6) is -1.24. The highest BCUT2D eigenvalue weighted by Gasteiger charge is 2.41. The van der Waals surface area contributed by atoms with E-state index >= 15 is 0 Å². The molecule has 6 nitrogen and oxygen atoms in total. The monoisotopic (exact) mass is 315 g/mol. The predicted octanol–water partition coefficient (Wildman–Crippen LogP) is 2.34. The number of benzene rings is 1. The third-order valence-corrected chi connectivity index (χ3v) is 4.53. The van der Waals surface area contributed by atoms with Crippen LogP contribution in [0.5, 0.6) is 0 Å². The molecule has 1 aliphatic carbocycles. The Balaban J connectivity index is 1.76. The SMILES string of the molecule is CC(C)n1c(CNC(=O)C2CCC2C(=O)O)nc2ccccc21. The average molecular weight is 315 g/mol. The molecule has 2 aromatic rings. The largest absolute Gasteiger partial charge is 0.481 e. The number of para-hydroxylation sites is 2. The van der Waals surface area contributed by atoms with Crippen molar-refractivity contribution in [2.45, 2.75) is 39.3 Å². The molecule has 6 heteroatoms. The fraction of sp³-hybridized carbons (Fsp3) is 0.471. The molecule has 1 heterocycles. The third kappa shape index (κ3) is 2.81. The molecule has 1 fully saturated rings. The van der Waals surface area contributed by atoms with Crippen LogP contribution in [-0.2, 0) is 16.1 Å². The number of nitrogens with one attached hydrogen (secondary N) is 1. The maximum Gasteiger partial charge on any atom is 0.307 e. The zero-order valence-corrected chi connectivity index (χ0v) is 13.3. The lowest BCUT2D eigenvalue weighted by Crippen LogP contribution is -2.44. The molecular weight excluding hydrogens is 294 g/mol. The Morgan fingerprint density at radius 1 is 1.30 bits per heavy atom. The zero-order valence-electron chi connectivity index (χ0n) is 13.3. The number of fused-ring (bicyclic) bond motifs is 1. The van der Waals surface area contributed by atoms with E-state index in [9.17, 15) is 9.59 Å². The molecule has 1 aliphatic rings. The highest BCUT2D eigenvalue weighted by atomic mass is 16.4. The number of aromatic nitrogens is 2. The molecule has 1 aromatic heterocycles. The molecule has 0 bridgehead atoms. The van der Waals surface area contributed by atoms with E-state index in [0.717, 1.165) is 16.9 Å². The van der Waals surface area contributed by atoms with Crippen molar-refractivity contribution in [2.24, 2.45) is 11.8 Å². The maximum atomic E-state index is 12.2. The second-order valence-electron chi connectivity index (χ2n) is 6.33. The van der Waals surface area contributed by atoms with Gasteiger partial charge in [-0.3, -0.25) is 9.59 Å². The van der Waals surface area contributed by atoms with Crippen LogP contribution >= 0.6 is 0 Å². The highest BCUT2D eigenvalue weighted by Crippen LogP contribution is 2.34. The van der Waals surface area contributed by atoms with Crippen LogP contribution in [0, 0.1) is 11.8 Å². The zero-order chi connectivity index (χ0) is 16.6. The van der Waals surface area contributed by atoms with Crippen LogP contribution in [0.4, 0.5) is 0 Å². The van der Waals surface area contributed by atoms with Gasteiger partial charge in [0.15, 0.2) is 0 Å². The number of carboxylic acids is 1. The molecule has 3 rings (SSSR count). The summed E-state index contributed by atoms with van der Waals surface area (Å²) in [6.07, 6.45) is 1.22. The number of hydrogen-bond donors (Lipinski definition) is 2. The van der Waals surface area contributed by atoms with Crippen molar-refractivity contribution in [1.29, 1.82) is 0 Å². The van der Waals surface area contributed by atoms with Crippen LogP contribution in [0.2, 0.25) is 0 Å². The lowest BCUT2D eigenvalue weighted by Gasteiger charge is -2.31. The minimum Gasteiger partial charge on any atom is -0.481 e. The Bertz CT molecular complexity index is 751. The van der Waals surface area contributed by atoms with Crippen LogP contribution in [-0.4, -0.2) is 26.5 Å². The Labute approximate surface area is 134 Å². The van der Waals surface area contributed by atoms with Crippen LogP contribution in [0.3, 0.4) is 0 Å². The molecule has 0 spiro atoms. The van der Waals surface area contributed by atoms with E-state index in [2.05, 4.69) is 28.7 Å². The first-order valence-electron chi connectivity index (χ1n) is 7.95. The Kier molecular flexibility index (Phi) is 4.07. The number of carbonyl (C=O) groups excluding carboxylic acids is 1. The minimum atomic E-state index is -0.884. The van der Waals surface area contributed by atoms with E-state index in [-0.39, 0.29) is 11.9 Å². The number of rotatable bonds is 5. The summed E-state index contributed by atoms with van der Waals surface area (Å²) in [7, 11) is 0. The van der Waals surface area contributed by atoms with Gasteiger partial charge >= 0.3 is 5.97 Å². The summed E-state index contributed by atoms with van der Waals surface area (Å²) in [5.41, 5.74) is 1.94. The number of imidazole rings is 1. The van der Waals surface area contributed by atoms with Gasteiger partial charge in [0.1, 0.15) is 5.82 Å². The van der Waals surface area contributed by atoms with Crippen LogP contribution in [0.25, 0.3) is 11.0 Å². The first-order chi connectivity index (χ1) is 11.0. The van der Waals surface area contributed by atoms with Gasteiger partial charge in [0.2, 0.25) is 5.91 Å². The molecule has 2 atom stereocenters. The molecule has 2 unspecified atom stereocenters. The van der Waals surface area contributed by atoms with Gasteiger partial charge in [-0.15, -0.1) is 0 Å². The van der Waals surface area contributed by atoms with E-state index in [4.69, 9.17) is 5.11 Å². The molecule has 2 N–H and O–H groups in total. The number of carbonyl (C=O) groups is 2. The van der Waals surface area contributed by atoms with Crippen LogP contribution in [0.1, 0.15) is 38.6 Å². The molecule has 1 amide bonds. The lowest BCUT2D eigenvalue weighted by molar-refractivity contribution is -0.152. The Morgan fingerprint density at radius 2 is 2.00 bits per heavy atom. The minimum absolute atomic E-state index is 0.189. The van der Waals surface area contributed by atoms with Gasteiger partial charge in [-0.1, -0.05) is 12.1 Å². The van der Waals surface area contributed by atoms with Gasteiger partial charge in [0.05, 0.1) is 29.4 Å². The Morgan fingerprint density at radius 3 is 2.61 bits per heavy atom. The van der Waals surface area contributed by atoms with Crippen LogP contribution in [0.15, 0.2) is 24.3 Å². The second kappa shape index (κ2) is 6.02. The molecule has 23 heavy (non-hydrogen) atoms. The summed E-state index contributed by atoms with van der Waals surface area (Å²) >= 11 is 0. The molecule has 1 saturated carbocycles. The average Bonchev–Trinajstić information content (AvgIpc) is 2.81. The van der Waals surface area contributed by atoms with Gasteiger partial charge in [-0.2, -0.15) is 0 Å². The number of amides is 1. The van der Waals surface area contributed by atoms with E-state index in [1.165, 1.54) is 0 Å². The van der Waals surface area contributed by atoms with Crippen molar-refractivity contribution in [3.8, 4) is 0 Å². The quantitative estimate of drug-likeness (QED) is 0.887. The van der Waals surface area contributed by atoms with Crippen molar-refractivity contribution < 1.29 is 14.7 Å². The lowest BCUT2D eigenvalue weighted by atomic mass is 9.73. The normalized spacial score (nSPS) is 20.5. The molecule has 1 aromatic carbocycles. The van der Waals surface area contributed by atoms with Gasteiger partial charge in [0, 0.05) is 6.04 Å². The standard InChI is InChI=1S/C17H21N3O3/c1-10(2)20-14-6-4-3-5-13(14)19-15(20)9-18-16(21)11-7-8-12(11)17(22)23/h3-6,10-12H,7-9H2,1-2H3,(H,18,21)(H,22,23). The third-order valence-electron chi connectivity index (χ3n) is 4.53. The first kappa shape index (κ1) is 15.5. The smallest absolute Gasteiger partial charge is 0.307 e. The van der Waals surface area contributed by atoms with Crippen molar-refractivity contribution in [1.82, 2.24) is 14.9 Å². The van der Waals surface area contributed by atoms with Crippen molar-refractivity contribution in [2.75, 3.05) is 0 Å². The predicted molar refractivity (Wildman–Crippen MR) is 85.8 cm³/mol. The summed E-state index contributed by atoms with van der Waals surface area (Å²) < 4.78 is 2.10. The summed E-state index contributed by atoms with van der Waals surface area (Å²) in [5, 5.41) is 11.9. The number of carboxylic acid groups (broad SMARTS) is 1. The van der Waals surface area contributed by atoms with Gasteiger partial charge in [-0.25, -0.2) is 4.98 Å². The van der Waals surface area contributed by atoms with Crippen molar-refractivity contribution in [3.05, 3.63) is 30.1 Å². The second-order valence-corrected chi connectivity index (χ2v) is 6.33. The van der Waals surface area contributed by atoms with Gasteiger partial charge in [0.25, 0.3) is 0 Å². The number of nitrogens with zero attached hydrogens (tertiary/aromatic N) is 2. The Hall–Kier alpha value is -2.37. The molecule has 0 saturated heterocycles. The highest BCUT2D eigenvalue weighted by molar-refractivity contribution is 5.86. The van der Waals surface area contributed by atoms with E-state index in [0.29, 0.717) is 19.4 Å². The molecule has 122 valence electrons. The summed E-state index contributed by atoms with van der Waals surface area (Å²) in [4.78, 5) is 27.8. The fourth-order valence-electron chi connectivity index (χ4n) is 3.20. The fourth-order valence-corrected chi connectivity index (χ4v) is 3.20. The molecule has 0 aliphatic heterocycles. The van der Waals surface area contributed by atoms with Crippen molar-refractivity contribution in [3.63, 3.8) is 0 Å². The van der Waals surface area contributed by atoms with E-state index in [1.807, 2.05) is 24.3 Å². The summed E-state index contributed by atoms with van der Waals surface area (Å²) in [6.45, 7) is 4.46.